The number of rotatable bonds is 4. The van der Waals surface area contributed by atoms with Gasteiger partial charge in [0.1, 0.15) is 11.3 Å². The maximum Gasteiger partial charge on any atom is 0.341 e. The molecule has 0 unspecified atom stereocenters. The van der Waals surface area contributed by atoms with Crippen molar-refractivity contribution < 1.29 is 19.5 Å². The van der Waals surface area contributed by atoms with Crippen molar-refractivity contribution in [1.82, 2.24) is 0 Å². The van der Waals surface area contributed by atoms with Crippen LogP contribution >= 0.6 is 0 Å². The van der Waals surface area contributed by atoms with E-state index in [1.165, 1.54) is 30.4 Å². The minimum absolute atomic E-state index is 0.0168. The Labute approximate surface area is 139 Å². The second-order valence-electron chi connectivity index (χ2n) is 4.84. The third kappa shape index (κ3) is 4.13. The molecule has 0 spiro atoms. The van der Waals surface area contributed by atoms with E-state index in [1.807, 2.05) is 0 Å². The molecule has 0 saturated carbocycles. The Balaban J connectivity index is 2.44. The molecular formula is C18H16NO5-. The van der Waals surface area contributed by atoms with E-state index in [9.17, 15) is 20.3 Å². The first-order valence-electron chi connectivity index (χ1n) is 7.28. The van der Waals surface area contributed by atoms with Crippen molar-refractivity contribution in [3.63, 3.8) is 0 Å². The molecule has 1 N–H and O–H groups in total. The van der Waals surface area contributed by atoms with Crippen molar-refractivity contribution in [2.75, 3.05) is 6.61 Å². The zero-order valence-electron chi connectivity index (χ0n) is 13.0. The van der Waals surface area contributed by atoms with Crippen LogP contribution < -0.4 is 0 Å². The van der Waals surface area contributed by atoms with Crippen LogP contribution in [0.3, 0.4) is 0 Å². The smallest absolute Gasteiger partial charge is 0.341 e. The fourth-order valence-electron chi connectivity index (χ4n) is 2.04. The zero-order chi connectivity index (χ0) is 17.5. The third-order valence-electron chi connectivity index (χ3n) is 3.21. The Morgan fingerprint density at radius 2 is 1.79 bits per heavy atom. The first kappa shape index (κ1) is 17.1. The average Bonchev–Trinajstić information content (AvgIpc) is 2.60. The largest absolute Gasteiger partial charge is 0.612 e. The van der Waals surface area contributed by atoms with Gasteiger partial charge in [-0.15, -0.1) is 0 Å². The van der Waals surface area contributed by atoms with E-state index >= 15 is 0 Å². The lowest BCUT2D eigenvalue weighted by atomic mass is 10.0. The highest BCUT2D eigenvalue weighted by Crippen LogP contribution is 2.21. The lowest BCUT2D eigenvalue weighted by Crippen LogP contribution is -2.10. The number of hydrogen-bond acceptors (Lipinski definition) is 5. The molecule has 0 atom stereocenters. The first-order valence-corrected chi connectivity index (χ1v) is 7.28. The molecule has 1 aliphatic carbocycles. The highest BCUT2D eigenvalue weighted by Gasteiger charge is 2.16. The molecule has 0 heterocycles. The lowest BCUT2D eigenvalue weighted by molar-refractivity contribution is -0.377. The van der Waals surface area contributed by atoms with Crippen molar-refractivity contribution in [1.29, 1.82) is 0 Å². The molecule has 0 bridgehead atoms. The lowest BCUT2D eigenvalue weighted by Gasteiger charge is -2.10. The van der Waals surface area contributed by atoms with Crippen molar-refractivity contribution in [2.24, 2.45) is 0 Å². The maximum absolute atomic E-state index is 12.2. The van der Waals surface area contributed by atoms with Gasteiger partial charge >= 0.3 is 5.97 Å². The van der Waals surface area contributed by atoms with Crippen LogP contribution in [0, 0.1) is 10.4 Å². The summed E-state index contributed by atoms with van der Waals surface area (Å²) in [7, 11) is 0. The van der Waals surface area contributed by atoms with E-state index in [2.05, 4.69) is 0 Å². The zero-order valence-corrected chi connectivity index (χ0v) is 13.0. The predicted molar refractivity (Wildman–Crippen MR) is 91.0 cm³/mol. The van der Waals surface area contributed by atoms with E-state index in [4.69, 9.17) is 4.74 Å². The Kier molecular flexibility index (Phi) is 5.57. The van der Waals surface area contributed by atoms with Gasteiger partial charge in [0.25, 0.3) is 0 Å². The van der Waals surface area contributed by atoms with E-state index in [0.29, 0.717) is 11.1 Å². The molecule has 2 rings (SSSR count). The minimum atomic E-state index is -0.669. The van der Waals surface area contributed by atoms with Crippen LogP contribution in [0.15, 0.2) is 71.9 Å². The molecule has 0 amide bonds. The second kappa shape index (κ2) is 7.82. The summed E-state index contributed by atoms with van der Waals surface area (Å²) in [5.74, 6) is -0.885. The molecule has 6 nitrogen and oxygen atoms in total. The van der Waals surface area contributed by atoms with E-state index in [-0.39, 0.29) is 23.7 Å². The number of aliphatic hydroxyl groups excluding tert-OH is 1. The number of hydrogen-bond donors (Lipinski definition) is 1. The number of allylic oxidation sites excluding steroid dienone is 5. The Hall–Kier alpha value is -3.28. The number of ether oxygens (including phenoxy) is 1. The summed E-state index contributed by atoms with van der Waals surface area (Å²) in [6.07, 6.45) is 7.08. The van der Waals surface area contributed by atoms with E-state index < -0.39 is 10.9 Å². The summed E-state index contributed by atoms with van der Waals surface area (Å²) >= 11 is 0. The molecule has 124 valence electrons. The van der Waals surface area contributed by atoms with Gasteiger partial charge in [0.2, 0.25) is 5.71 Å². The molecule has 0 aromatic heterocycles. The van der Waals surface area contributed by atoms with E-state index in [1.54, 1.807) is 37.3 Å². The fraction of sp³-hybridized carbons (Fsp3) is 0.111. The molecule has 1 aromatic rings. The monoisotopic (exact) mass is 326 g/mol. The molecular weight excluding hydrogens is 310 g/mol. The van der Waals surface area contributed by atoms with Gasteiger partial charge in [0.05, 0.1) is 6.61 Å². The van der Waals surface area contributed by atoms with Crippen LogP contribution in [0.1, 0.15) is 12.5 Å². The molecule has 6 heteroatoms. The van der Waals surface area contributed by atoms with Crippen LogP contribution in [-0.4, -0.2) is 28.3 Å². The number of benzene rings is 1. The molecule has 0 fully saturated rings. The molecule has 0 radical (unpaired) electrons. The maximum atomic E-state index is 12.2. The summed E-state index contributed by atoms with van der Waals surface area (Å²) in [4.78, 5) is 11.7. The summed E-state index contributed by atoms with van der Waals surface area (Å²) in [6.45, 7) is 1.83. The first-order chi connectivity index (χ1) is 11.5. The topological polar surface area (TPSA) is 95.7 Å². The Bertz CT molecular complexity index is 748. The van der Waals surface area contributed by atoms with Crippen molar-refractivity contribution in [2.45, 2.75) is 6.92 Å². The highest BCUT2D eigenvalue weighted by molar-refractivity contribution is 6.03. The van der Waals surface area contributed by atoms with Gasteiger partial charge in [-0.3, -0.25) is 0 Å². The van der Waals surface area contributed by atoms with Crippen molar-refractivity contribution in [3.05, 3.63) is 87.8 Å². The third-order valence-corrected chi connectivity index (χ3v) is 3.21. The average molecular weight is 326 g/mol. The minimum Gasteiger partial charge on any atom is -0.612 e. The SMILES string of the molecule is CCOC(=O)C(C=C1C=CC(=[N+]([O-])[O-])C=C1)=C(O)c1ccccc1. The molecule has 1 aromatic carbocycles. The van der Waals surface area contributed by atoms with Crippen molar-refractivity contribution in [3.8, 4) is 0 Å². The van der Waals surface area contributed by atoms with Crippen LogP contribution in [-0.2, 0) is 9.53 Å². The fourth-order valence-corrected chi connectivity index (χ4v) is 2.04. The van der Waals surface area contributed by atoms with Gasteiger partial charge in [-0.2, -0.15) is 4.90 Å². The van der Waals surface area contributed by atoms with Crippen LogP contribution in [0.2, 0.25) is 0 Å². The Morgan fingerprint density at radius 1 is 1.17 bits per heavy atom. The summed E-state index contributed by atoms with van der Waals surface area (Å²) < 4.78 is 4.98. The van der Waals surface area contributed by atoms with Crippen LogP contribution in [0.4, 0.5) is 0 Å². The van der Waals surface area contributed by atoms with Gasteiger partial charge in [-0.05, 0) is 30.7 Å². The molecule has 1 aliphatic rings. The molecule has 24 heavy (non-hydrogen) atoms. The van der Waals surface area contributed by atoms with Crippen LogP contribution in [0.5, 0.6) is 0 Å². The number of aliphatic hydroxyl groups is 1. The molecule has 0 saturated heterocycles. The van der Waals surface area contributed by atoms with Crippen LogP contribution in [0.25, 0.3) is 5.76 Å². The van der Waals surface area contributed by atoms with E-state index in [0.717, 1.165) is 0 Å². The van der Waals surface area contributed by atoms with Gasteiger partial charge in [0.15, 0.2) is 0 Å². The van der Waals surface area contributed by atoms with Gasteiger partial charge in [0, 0.05) is 17.7 Å². The summed E-state index contributed by atoms with van der Waals surface area (Å²) in [5, 5.41) is 31.8. The number of esters is 1. The normalized spacial score (nSPS) is 14.2. The van der Waals surface area contributed by atoms with Gasteiger partial charge in [-0.25, -0.2) is 4.79 Å². The van der Waals surface area contributed by atoms with Gasteiger partial charge in [-0.1, -0.05) is 30.3 Å². The number of carbonyl (C=O) groups is 1. The molecule has 0 aliphatic heterocycles. The summed E-state index contributed by atoms with van der Waals surface area (Å²) in [5.41, 5.74) is 0.933. The quantitative estimate of drug-likeness (QED) is 0.302. The second-order valence-corrected chi connectivity index (χ2v) is 4.84. The number of nitrogens with zero attached hydrogens (tertiary/aromatic N) is 1. The number of carbonyl (C=O) groups excluding carboxylic acids is 1. The summed E-state index contributed by atoms with van der Waals surface area (Å²) in [6, 6.07) is 8.59. The highest BCUT2D eigenvalue weighted by atomic mass is 16.8. The Morgan fingerprint density at radius 3 is 2.33 bits per heavy atom. The van der Waals surface area contributed by atoms with Gasteiger partial charge < -0.3 is 20.3 Å². The predicted octanol–water partition coefficient (Wildman–Crippen LogP) is 3.02. The van der Waals surface area contributed by atoms with Crippen molar-refractivity contribution >= 4 is 17.4 Å². The standard InChI is InChI=1S/C18H16NO5/c1-2-24-18(21)16(17(20)14-6-4-3-5-7-14)12-13-8-10-15(11-9-13)19(22)23/h3-12H,2H2,1H3,(H-,20,21,22,23)/q-1.